The lowest BCUT2D eigenvalue weighted by Crippen LogP contribution is -2.23. The standard InChI is InChI=1S/C21H21N5O/c1-26-14-18(13-24-26)20-7-9-23-11-16(20)3-5-21(27)25-19-4-2-15-6-8-22-12-17(15)10-19/h2-5,7,9-11,13-14,22H,6,8,12H2,1H3,(H,25,27)/b5-3+. The van der Waals surface area contributed by atoms with Crippen LogP contribution in [0.25, 0.3) is 17.2 Å². The molecule has 1 aromatic carbocycles. The van der Waals surface area contributed by atoms with E-state index in [0.717, 1.165) is 41.9 Å². The van der Waals surface area contributed by atoms with Gasteiger partial charge in [0.1, 0.15) is 0 Å². The first-order chi connectivity index (χ1) is 13.2. The van der Waals surface area contributed by atoms with Crippen molar-refractivity contribution in [1.29, 1.82) is 0 Å². The van der Waals surface area contributed by atoms with Gasteiger partial charge in [-0.2, -0.15) is 5.10 Å². The van der Waals surface area contributed by atoms with Crippen molar-refractivity contribution in [2.45, 2.75) is 13.0 Å². The Balaban J connectivity index is 1.49. The molecule has 1 aliphatic rings. The lowest BCUT2D eigenvalue weighted by atomic mass is 10.0. The highest BCUT2D eigenvalue weighted by atomic mass is 16.1. The second kappa shape index (κ2) is 7.55. The molecule has 0 unspecified atom stereocenters. The van der Waals surface area contributed by atoms with Gasteiger partial charge in [-0.05, 0) is 53.9 Å². The fraction of sp³-hybridized carbons (Fsp3) is 0.190. The third kappa shape index (κ3) is 3.96. The summed E-state index contributed by atoms with van der Waals surface area (Å²) < 4.78 is 1.75. The second-order valence-corrected chi connectivity index (χ2v) is 6.60. The summed E-state index contributed by atoms with van der Waals surface area (Å²) in [6, 6.07) is 8.02. The SMILES string of the molecule is Cn1cc(-c2ccncc2/C=C/C(=O)Nc2ccc3c(c2)CNCC3)cn1. The summed E-state index contributed by atoms with van der Waals surface area (Å²) in [5, 5.41) is 10.5. The molecule has 0 bridgehead atoms. The van der Waals surface area contributed by atoms with E-state index in [1.165, 1.54) is 17.2 Å². The number of hydrogen-bond donors (Lipinski definition) is 2. The van der Waals surface area contributed by atoms with E-state index in [-0.39, 0.29) is 5.91 Å². The van der Waals surface area contributed by atoms with Crippen LogP contribution < -0.4 is 10.6 Å². The summed E-state index contributed by atoms with van der Waals surface area (Å²) >= 11 is 0. The first kappa shape index (κ1) is 17.2. The summed E-state index contributed by atoms with van der Waals surface area (Å²) in [5.41, 5.74) is 6.25. The van der Waals surface area contributed by atoms with Gasteiger partial charge in [0, 0.05) is 55.1 Å². The molecule has 0 saturated heterocycles. The van der Waals surface area contributed by atoms with Crippen LogP contribution in [0.1, 0.15) is 16.7 Å². The number of anilines is 1. The van der Waals surface area contributed by atoms with Gasteiger partial charge < -0.3 is 10.6 Å². The fourth-order valence-corrected chi connectivity index (χ4v) is 3.27. The second-order valence-electron chi connectivity index (χ2n) is 6.60. The number of nitrogens with zero attached hydrogens (tertiary/aromatic N) is 3. The van der Waals surface area contributed by atoms with Gasteiger partial charge in [-0.3, -0.25) is 14.5 Å². The molecular formula is C21H21N5O. The average molecular weight is 359 g/mol. The first-order valence-electron chi connectivity index (χ1n) is 8.94. The number of carbonyl (C=O) groups excluding carboxylic acids is 1. The van der Waals surface area contributed by atoms with Crippen LogP contribution in [0.4, 0.5) is 5.69 Å². The molecule has 3 heterocycles. The maximum Gasteiger partial charge on any atom is 0.248 e. The van der Waals surface area contributed by atoms with Crippen molar-refractivity contribution in [3.8, 4) is 11.1 Å². The molecule has 0 saturated carbocycles. The van der Waals surface area contributed by atoms with E-state index in [2.05, 4.69) is 26.8 Å². The monoisotopic (exact) mass is 359 g/mol. The number of benzene rings is 1. The number of aromatic nitrogens is 3. The molecule has 1 amide bonds. The van der Waals surface area contributed by atoms with Gasteiger partial charge in [0.15, 0.2) is 0 Å². The van der Waals surface area contributed by atoms with Crippen molar-refractivity contribution in [2.75, 3.05) is 11.9 Å². The topological polar surface area (TPSA) is 71.8 Å². The molecule has 0 aliphatic carbocycles. The van der Waals surface area contributed by atoms with Crippen LogP contribution in [-0.2, 0) is 24.8 Å². The Hall–Kier alpha value is -3.25. The predicted octanol–water partition coefficient (Wildman–Crippen LogP) is 2.78. The largest absolute Gasteiger partial charge is 0.323 e. The van der Waals surface area contributed by atoms with Gasteiger partial charge in [0.05, 0.1) is 6.20 Å². The molecule has 27 heavy (non-hydrogen) atoms. The van der Waals surface area contributed by atoms with E-state index in [1.807, 2.05) is 31.4 Å². The van der Waals surface area contributed by atoms with Crippen LogP contribution in [0.2, 0.25) is 0 Å². The Morgan fingerprint density at radius 2 is 2.19 bits per heavy atom. The van der Waals surface area contributed by atoms with E-state index in [1.54, 1.807) is 29.3 Å². The number of fused-ring (bicyclic) bond motifs is 1. The Morgan fingerprint density at radius 3 is 3.04 bits per heavy atom. The van der Waals surface area contributed by atoms with Crippen LogP contribution in [0.5, 0.6) is 0 Å². The highest BCUT2D eigenvalue weighted by Gasteiger charge is 2.10. The summed E-state index contributed by atoms with van der Waals surface area (Å²) in [6.07, 6.45) is 11.6. The molecular weight excluding hydrogens is 338 g/mol. The van der Waals surface area contributed by atoms with Crippen molar-refractivity contribution in [1.82, 2.24) is 20.1 Å². The van der Waals surface area contributed by atoms with E-state index < -0.39 is 0 Å². The number of pyridine rings is 1. The third-order valence-electron chi connectivity index (χ3n) is 4.64. The van der Waals surface area contributed by atoms with E-state index >= 15 is 0 Å². The summed E-state index contributed by atoms with van der Waals surface area (Å²) in [6.45, 7) is 1.85. The zero-order valence-electron chi connectivity index (χ0n) is 15.1. The van der Waals surface area contributed by atoms with Gasteiger partial charge in [-0.25, -0.2) is 0 Å². The van der Waals surface area contributed by atoms with Crippen LogP contribution >= 0.6 is 0 Å². The molecule has 2 aromatic heterocycles. The summed E-state index contributed by atoms with van der Waals surface area (Å²) in [4.78, 5) is 16.5. The number of carbonyl (C=O) groups is 1. The molecule has 2 N–H and O–H groups in total. The molecule has 0 fully saturated rings. The minimum Gasteiger partial charge on any atom is -0.323 e. The highest BCUT2D eigenvalue weighted by Crippen LogP contribution is 2.23. The van der Waals surface area contributed by atoms with Crippen molar-refractivity contribution in [3.63, 3.8) is 0 Å². The van der Waals surface area contributed by atoms with Crippen molar-refractivity contribution >= 4 is 17.7 Å². The maximum absolute atomic E-state index is 12.4. The van der Waals surface area contributed by atoms with Crippen LogP contribution in [-0.4, -0.2) is 27.2 Å². The van der Waals surface area contributed by atoms with Gasteiger partial charge in [0.25, 0.3) is 0 Å². The maximum atomic E-state index is 12.4. The lowest BCUT2D eigenvalue weighted by Gasteiger charge is -2.17. The van der Waals surface area contributed by atoms with Gasteiger partial charge in [-0.1, -0.05) is 6.07 Å². The zero-order chi connectivity index (χ0) is 18.6. The van der Waals surface area contributed by atoms with E-state index in [4.69, 9.17) is 0 Å². The van der Waals surface area contributed by atoms with Crippen molar-refractivity contribution < 1.29 is 4.79 Å². The Bertz CT molecular complexity index is 1010. The van der Waals surface area contributed by atoms with Crippen LogP contribution in [0.3, 0.4) is 0 Å². The number of hydrogen-bond acceptors (Lipinski definition) is 4. The molecule has 6 nitrogen and oxygen atoms in total. The molecule has 6 heteroatoms. The van der Waals surface area contributed by atoms with Crippen LogP contribution in [0.15, 0.2) is 55.1 Å². The van der Waals surface area contributed by atoms with E-state index in [0.29, 0.717) is 0 Å². The molecule has 1 aliphatic heterocycles. The fourth-order valence-electron chi connectivity index (χ4n) is 3.27. The minimum atomic E-state index is -0.167. The van der Waals surface area contributed by atoms with Crippen LogP contribution in [0, 0.1) is 0 Å². The van der Waals surface area contributed by atoms with Crippen molar-refractivity contribution in [2.24, 2.45) is 7.05 Å². The molecule has 3 aromatic rings. The lowest BCUT2D eigenvalue weighted by molar-refractivity contribution is -0.111. The van der Waals surface area contributed by atoms with Gasteiger partial charge in [0.2, 0.25) is 5.91 Å². The average Bonchev–Trinajstić information content (AvgIpc) is 3.13. The summed E-state index contributed by atoms with van der Waals surface area (Å²) in [7, 11) is 1.88. The van der Waals surface area contributed by atoms with Gasteiger partial charge in [-0.15, -0.1) is 0 Å². The van der Waals surface area contributed by atoms with Gasteiger partial charge >= 0.3 is 0 Å². The number of nitrogens with one attached hydrogen (secondary N) is 2. The molecule has 4 rings (SSSR count). The molecule has 136 valence electrons. The van der Waals surface area contributed by atoms with Crippen molar-refractivity contribution in [3.05, 3.63) is 71.8 Å². The highest BCUT2D eigenvalue weighted by molar-refractivity contribution is 6.02. The smallest absolute Gasteiger partial charge is 0.248 e. The third-order valence-corrected chi connectivity index (χ3v) is 4.64. The molecule has 0 radical (unpaired) electrons. The predicted molar refractivity (Wildman–Crippen MR) is 106 cm³/mol. The number of amides is 1. The summed E-state index contributed by atoms with van der Waals surface area (Å²) in [5.74, 6) is -0.167. The first-order valence-corrected chi connectivity index (χ1v) is 8.94. The molecule has 0 spiro atoms. The Labute approximate surface area is 157 Å². The van der Waals surface area contributed by atoms with E-state index in [9.17, 15) is 4.79 Å². The quantitative estimate of drug-likeness (QED) is 0.703. The number of aryl methyl sites for hydroxylation is 1. The Morgan fingerprint density at radius 1 is 1.26 bits per heavy atom. The molecule has 0 atom stereocenters. The number of rotatable bonds is 4. The minimum absolute atomic E-state index is 0.167. The normalized spacial score (nSPS) is 13.5. The zero-order valence-corrected chi connectivity index (χ0v) is 15.1. The Kier molecular flexibility index (Phi) is 4.80.